The van der Waals surface area contributed by atoms with Gasteiger partial charge in [0.1, 0.15) is 0 Å². The monoisotopic (exact) mass is 94.1 g/mol. The normalized spacial score (nSPS) is 22.9. The molecular formula is C5H6N2. The Morgan fingerprint density at radius 1 is 1.14 bits per heavy atom. The number of nitrogens with one attached hydrogen (secondary N) is 2. The van der Waals surface area contributed by atoms with Crippen LogP contribution in [0.15, 0.2) is 23.8 Å². The first-order valence-electron chi connectivity index (χ1n) is 2.36. The SMILES string of the molecule is C1=C2CC(=CN2)N1. The van der Waals surface area contributed by atoms with Gasteiger partial charge < -0.3 is 10.6 Å². The Morgan fingerprint density at radius 2 is 1.71 bits per heavy atom. The first-order valence-corrected chi connectivity index (χ1v) is 2.36. The second kappa shape index (κ2) is 0.832. The second-order valence-corrected chi connectivity index (χ2v) is 1.80. The highest BCUT2D eigenvalue weighted by Crippen LogP contribution is 2.17. The topological polar surface area (TPSA) is 24.1 Å². The molecule has 0 aromatic carbocycles. The largest absolute Gasteiger partial charge is 0.362 e. The quantitative estimate of drug-likeness (QED) is 0.450. The third-order valence-electron chi connectivity index (χ3n) is 1.24. The van der Waals surface area contributed by atoms with E-state index in [1.54, 1.807) is 0 Å². The molecule has 2 heteroatoms. The van der Waals surface area contributed by atoms with Crippen molar-refractivity contribution >= 4 is 0 Å². The van der Waals surface area contributed by atoms with Crippen molar-refractivity contribution in [2.45, 2.75) is 6.42 Å². The average Bonchev–Trinajstić information content (AvgIpc) is 2.22. The van der Waals surface area contributed by atoms with E-state index in [0.717, 1.165) is 6.42 Å². The van der Waals surface area contributed by atoms with Gasteiger partial charge in [-0.05, 0) is 0 Å². The van der Waals surface area contributed by atoms with Gasteiger partial charge in [-0.15, -0.1) is 0 Å². The van der Waals surface area contributed by atoms with E-state index in [2.05, 4.69) is 10.6 Å². The van der Waals surface area contributed by atoms with Gasteiger partial charge in [-0.25, -0.2) is 0 Å². The van der Waals surface area contributed by atoms with Crippen molar-refractivity contribution in [2.24, 2.45) is 0 Å². The van der Waals surface area contributed by atoms with Crippen LogP contribution in [-0.2, 0) is 0 Å². The van der Waals surface area contributed by atoms with Gasteiger partial charge in [-0.3, -0.25) is 0 Å². The highest BCUT2D eigenvalue weighted by Gasteiger charge is 2.12. The fourth-order valence-corrected chi connectivity index (χ4v) is 0.852. The van der Waals surface area contributed by atoms with Gasteiger partial charge in [-0.1, -0.05) is 0 Å². The number of rotatable bonds is 0. The molecule has 2 heterocycles. The van der Waals surface area contributed by atoms with Crippen LogP contribution >= 0.6 is 0 Å². The number of hydrogen-bond donors (Lipinski definition) is 2. The number of fused-ring (bicyclic) bond motifs is 2. The van der Waals surface area contributed by atoms with E-state index in [1.165, 1.54) is 11.4 Å². The molecule has 0 saturated carbocycles. The van der Waals surface area contributed by atoms with Crippen molar-refractivity contribution < 1.29 is 0 Å². The van der Waals surface area contributed by atoms with Crippen molar-refractivity contribution in [3.8, 4) is 0 Å². The molecule has 2 N–H and O–H groups in total. The average molecular weight is 94.1 g/mol. The maximum atomic E-state index is 3.09. The van der Waals surface area contributed by atoms with E-state index >= 15 is 0 Å². The third kappa shape index (κ3) is 0.282. The van der Waals surface area contributed by atoms with Crippen molar-refractivity contribution in [1.82, 2.24) is 10.6 Å². The van der Waals surface area contributed by atoms with Gasteiger partial charge in [0.2, 0.25) is 0 Å². The summed E-state index contributed by atoms with van der Waals surface area (Å²) in [4.78, 5) is 0. The minimum Gasteiger partial charge on any atom is -0.362 e. The van der Waals surface area contributed by atoms with Crippen molar-refractivity contribution in [3.05, 3.63) is 23.8 Å². The predicted molar refractivity (Wildman–Crippen MR) is 27.1 cm³/mol. The van der Waals surface area contributed by atoms with E-state index in [9.17, 15) is 0 Å². The smallest absolute Gasteiger partial charge is 0.0369 e. The van der Waals surface area contributed by atoms with Crippen LogP contribution in [0.3, 0.4) is 0 Å². The Bertz CT molecular complexity index is 137. The molecule has 0 amide bonds. The molecule has 0 atom stereocenters. The molecule has 0 fully saturated rings. The minimum absolute atomic E-state index is 1.08. The molecule has 36 valence electrons. The molecular weight excluding hydrogens is 88.1 g/mol. The van der Waals surface area contributed by atoms with E-state index in [0.29, 0.717) is 0 Å². The molecule has 2 rings (SSSR count). The molecule has 2 bridgehead atoms. The van der Waals surface area contributed by atoms with Crippen LogP contribution in [0, 0.1) is 0 Å². The molecule has 0 aromatic rings. The molecule has 0 saturated heterocycles. The molecule has 2 aliphatic heterocycles. The van der Waals surface area contributed by atoms with Crippen LogP contribution in [0.5, 0.6) is 0 Å². The summed E-state index contributed by atoms with van der Waals surface area (Å²) in [6, 6.07) is 0. The van der Waals surface area contributed by atoms with Gasteiger partial charge >= 0.3 is 0 Å². The first-order chi connectivity index (χ1) is 3.45. The summed E-state index contributed by atoms with van der Waals surface area (Å²) in [6.07, 6.45) is 5.07. The van der Waals surface area contributed by atoms with E-state index < -0.39 is 0 Å². The van der Waals surface area contributed by atoms with Crippen LogP contribution in [-0.4, -0.2) is 0 Å². The summed E-state index contributed by atoms with van der Waals surface area (Å²) in [7, 11) is 0. The summed E-state index contributed by atoms with van der Waals surface area (Å²) >= 11 is 0. The molecule has 0 radical (unpaired) electrons. The molecule has 0 aromatic heterocycles. The van der Waals surface area contributed by atoms with Gasteiger partial charge in [0.25, 0.3) is 0 Å². The van der Waals surface area contributed by atoms with E-state index in [1.807, 2.05) is 12.4 Å². The highest BCUT2D eigenvalue weighted by atomic mass is 15.0. The van der Waals surface area contributed by atoms with Crippen molar-refractivity contribution in [2.75, 3.05) is 0 Å². The van der Waals surface area contributed by atoms with Crippen LogP contribution in [0.1, 0.15) is 6.42 Å². The zero-order valence-corrected chi connectivity index (χ0v) is 3.86. The maximum absolute atomic E-state index is 3.09. The lowest BCUT2D eigenvalue weighted by Crippen LogP contribution is -2.05. The lowest BCUT2D eigenvalue weighted by Gasteiger charge is -1.94. The fraction of sp³-hybridized carbons (Fsp3) is 0.200. The van der Waals surface area contributed by atoms with Gasteiger partial charge in [0.15, 0.2) is 0 Å². The summed E-state index contributed by atoms with van der Waals surface area (Å²) in [5.41, 5.74) is 2.57. The lowest BCUT2D eigenvalue weighted by atomic mass is 10.4. The summed E-state index contributed by atoms with van der Waals surface area (Å²) in [5.74, 6) is 0. The number of hydrogen-bond acceptors (Lipinski definition) is 2. The Hall–Kier alpha value is -0.920. The standard InChI is InChI=1S/C5H6N2/c1-4-2-6-5(1)3-7-4/h2-3,6-7H,1H2. The molecule has 7 heavy (non-hydrogen) atoms. The van der Waals surface area contributed by atoms with Gasteiger partial charge in [0, 0.05) is 30.2 Å². The minimum atomic E-state index is 1.08. The van der Waals surface area contributed by atoms with E-state index in [4.69, 9.17) is 0 Å². The third-order valence-corrected chi connectivity index (χ3v) is 1.24. The Labute approximate surface area is 41.9 Å². The summed E-state index contributed by atoms with van der Waals surface area (Å²) < 4.78 is 0. The van der Waals surface area contributed by atoms with Crippen LogP contribution in [0.2, 0.25) is 0 Å². The van der Waals surface area contributed by atoms with E-state index in [-0.39, 0.29) is 0 Å². The Morgan fingerprint density at radius 3 is 1.86 bits per heavy atom. The zero-order valence-electron chi connectivity index (χ0n) is 3.86. The van der Waals surface area contributed by atoms with Crippen LogP contribution in [0.25, 0.3) is 0 Å². The lowest BCUT2D eigenvalue weighted by molar-refractivity contribution is 1.04. The molecule has 0 spiro atoms. The van der Waals surface area contributed by atoms with Crippen LogP contribution < -0.4 is 10.6 Å². The predicted octanol–water partition coefficient (Wildman–Crippen LogP) is 0.266. The van der Waals surface area contributed by atoms with Crippen LogP contribution in [0.4, 0.5) is 0 Å². The first kappa shape index (κ1) is 3.13. The maximum Gasteiger partial charge on any atom is 0.0369 e. The van der Waals surface area contributed by atoms with Gasteiger partial charge in [0.05, 0.1) is 0 Å². The fourth-order valence-electron chi connectivity index (χ4n) is 0.852. The highest BCUT2D eigenvalue weighted by molar-refractivity contribution is 5.29. The molecule has 2 nitrogen and oxygen atoms in total. The zero-order chi connectivity index (χ0) is 4.69. The molecule has 0 unspecified atom stereocenters. The second-order valence-electron chi connectivity index (χ2n) is 1.80. The Balaban J connectivity index is 2.45. The van der Waals surface area contributed by atoms with Gasteiger partial charge in [-0.2, -0.15) is 0 Å². The summed E-state index contributed by atoms with van der Waals surface area (Å²) in [6.45, 7) is 0. The Kier molecular flexibility index (Phi) is 0.372. The molecule has 2 aliphatic rings. The van der Waals surface area contributed by atoms with Crippen molar-refractivity contribution in [1.29, 1.82) is 0 Å². The summed E-state index contributed by atoms with van der Waals surface area (Å²) in [5, 5.41) is 6.19. The van der Waals surface area contributed by atoms with Crippen molar-refractivity contribution in [3.63, 3.8) is 0 Å². The molecule has 0 aliphatic carbocycles.